The maximum atomic E-state index is 5.52. The molecule has 1 fully saturated rings. The molecule has 1 aromatic rings. The second-order valence-corrected chi connectivity index (χ2v) is 5.48. The molecule has 1 atom stereocenters. The van der Waals surface area contributed by atoms with Crippen molar-refractivity contribution in [2.24, 2.45) is 5.92 Å². The fourth-order valence-electron chi connectivity index (χ4n) is 2.33. The van der Waals surface area contributed by atoms with Crippen LogP contribution in [0.1, 0.15) is 38.4 Å². The number of furan rings is 1. The van der Waals surface area contributed by atoms with E-state index < -0.39 is 0 Å². The van der Waals surface area contributed by atoms with Crippen molar-refractivity contribution in [2.45, 2.75) is 45.2 Å². The van der Waals surface area contributed by atoms with Gasteiger partial charge in [0.25, 0.3) is 0 Å². The van der Waals surface area contributed by atoms with Gasteiger partial charge in [0, 0.05) is 6.04 Å². The Labute approximate surface area is 105 Å². The highest BCUT2D eigenvalue weighted by molar-refractivity contribution is 14.1. The molecule has 1 unspecified atom stereocenters. The predicted molar refractivity (Wildman–Crippen MR) is 69.7 cm³/mol. The average molecular weight is 319 g/mol. The van der Waals surface area contributed by atoms with Crippen molar-refractivity contribution < 1.29 is 4.42 Å². The summed E-state index contributed by atoms with van der Waals surface area (Å²) in [6.45, 7) is 3.16. The van der Waals surface area contributed by atoms with Crippen molar-refractivity contribution in [3.63, 3.8) is 0 Å². The third-order valence-electron chi connectivity index (χ3n) is 3.33. The van der Waals surface area contributed by atoms with Gasteiger partial charge in [-0.2, -0.15) is 0 Å². The first-order valence-electron chi connectivity index (χ1n) is 5.73. The topological polar surface area (TPSA) is 25.2 Å². The van der Waals surface area contributed by atoms with Crippen LogP contribution >= 0.6 is 22.6 Å². The van der Waals surface area contributed by atoms with E-state index in [0.717, 1.165) is 22.0 Å². The van der Waals surface area contributed by atoms with Gasteiger partial charge in [-0.05, 0) is 60.4 Å². The first-order valence-corrected chi connectivity index (χ1v) is 6.81. The molecular weight excluding hydrogens is 301 g/mol. The van der Waals surface area contributed by atoms with Gasteiger partial charge in [0.05, 0.1) is 6.54 Å². The van der Waals surface area contributed by atoms with Gasteiger partial charge in [-0.1, -0.05) is 12.8 Å². The van der Waals surface area contributed by atoms with Crippen molar-refractivity contribution in [3.8, 4) is 0 Å². The molecule has 1 aromatic heterocycles. The zero-order chi connectivity index (χ0) is 10.7. The Morgan fingerprint density at radius 1 is 1.47 bits per heavy atom. The Morgan fingerprint density at radius 2 is 2.20 bits per heavy atom. The molecule has 15 heavy (non-hydrogen) atoms. The Morgan fingerprint density at radius 3 is 2.80 bits per heavy atom. The lowest BCUT2D eigenvalue weighted by Gasteiger charge is -2.19. The van der Waals surface area contributed by atoms with Gasteiger partial charge in [0.1, 0.15) is 5.76 Å². The van der Waals surface area contributed by atoms with Gasteiger partial charge in [-0.15, -0.1) is 0 Å². The number of rotatable bonds is 4. The zero-order valence-electron chi connectivity index (χ0n) is 9.13. The Hall–Kier alpha value is -0.0300. The van der Waals surface area contributed by atoms with Gasteiger partial charge in [0.15, 0.2) is 3.77 Å². The van der Waals surface area contributed by atoms with Crippen LogP contribution < -0.4 is 5.32 Å². The number of nitrogens with one attached hydrogen (secondary N) is 1. The second kappa shape index (κ2) is 5.34. The molecule has 0 saturated heterocycles. The monoisotopic (exact) mass is 319 g/mol. The SMILES string of the molecule is CC(NCc1ccc(I)o1)C1CCCC1. The Kier molecular flexibility index (Phi) is 4.08. The number of halogens is 1. The molecule has 0 spiro atoms. The summed E-state index contributed by atoms with van der Waals surface area (Å²) in [5, 5.41) is 3.56. The van der Waals surface area contributed by atoms with Crippen molar-refractivity contribution in [1.29, 1.82) is 0 Å². The van der Waals surface area contributed by atoms with Crippen LogP contribution in [0.25, 0.3) is 0 Å². The first kappa shape index (κ1) is 11.5. The number of hydrogen-bond donors (Lipinski definition) is 1. The van der Waals surface area contributed by atoms with E-state index >= 15 is 0 Å². The van der Waals surface area contributed by atoms with Gasteiger partial charge in [-0.3, -0.25) is 0 Å². The Bertz CT molecular complexity index is 304. The van der Waals surface area contributed by atoms with Gasteiger partial charge in [-0.25, -0.2) is 0 Å². The lowest BCUT2D eigenvalue weighted by Crippen LogP contribution is -2.31. The van der Waals surface area contributed by atoms with Crippen LogP contribution in [0.5, 0.6) is 0 Å². The van der Waals surface area contributed by atoms with Crippen molar-refractivity contribution in [3.05, 3.63) is 21.7 Å². The number of hydrogen-bond acceptors (Lipinski definition) is 2. The van der Waals surface area contributed by atoms with E-state index in [4.69, 9.17) is 4.42 Å². The van der Waals surface area contributed by atoms with Crippen LogP contribution in [0, 0.1) is 9.68 Å². The molecule has 0 aliphatic heterocycles. The highest BCUT2D eigenvalue weighted by Gasteiger charge is 2.21. The fourth-order valence-corrected chi connectivity index (χ4v) is 2.80. The molecule has 2 nitrogen and oxygen atoms in total. The van der Waals surface area contributed by atoms with Crippen LogP contribution in [-0.4, -0.2) is 6.04 Å². The molecule has 84 valence electrons. The standard InChI is InChI=1S/C12H18INO/c1-9(10-4-2-3-5-10)14-8-11-6-7-12(13)15-11/h6-7,9-10,14H,2-5,8H2,1H3. The first-order chi connectivity index (χ1) is 7.25. The van der Waals surface area contributed by atoms with Crippen LogP contribution in [0.4, 0.5) is 0 Å². The fraction of sp³-hybridized carbons (Fsp3) is 0.667. The van der Waals surface area contributed by atoms with E-state index in [1.54, 1.807) is 0 Å². The molecule has 1 heterocycles. The molecule has 0 amide bonds. The van der Waals surface area contributed by atoms with E-state index in [9.17, 15) is 0 Å². The van der Waals surface area contributed by atoms with Gasteiger partial charge >= 0.3 is 0 Å². The normalized spacial score (nSPS) is 19.6. The van der Waals surface area contributed by atoms with Crippen LogP contribution in [0.15, 0.2) is 16.5 Å². The summed E-state index contributed by atoms with van der Waals surface area (Å²) in [5.41, 5.74) is 0. The summed E-state index contributed by atoms with van der Waals surface area (Å²) in [5.74, 6) is 1.92. The van der Waals surface area contributed by atoms with E-state index in [1.165, 1.54) is 25.7 Å². The summed E-state index contributed by atoms with van der Waals surface area (Å²) < 4.78 is 6.49. The highest BCUT2D eigenvalue weighted by Crippen LogP contribution is 2.27. The second-order valence-electron chi connectivity index (χ2n) is 4.42. The van der Waals surface area contributed by atoms with Crippen LogP contribution in [0.3, 0.4) is 0 Å². The molecular formula is C12H18INO. The Balaban J connectivity index is 1.77. The molecule has 1 N–H and O–H groups in total. The largest absolute Gasteiger partial charge is 0.454 e. The maximum absolute atomic E-state index is 5.52. The molecule has 1 aliphatic rings. The maximum Gasteiger partial charge on any atom is 0.164 e. The summed E-state index contributed by atoms with van der Waals surface area (Å²) >= 11 is 2.20. The van der Waals surface area contributed by atoms with Crippen molar-refractivity contribution in [1.82, 2.24) is 5.32 Å². The predicted octanol–water partition coefficient (Wildman–Crippen LogP) is 3.55. The minimum atomic E-state index is 0.621. The van der Waals surface area contributed by atoms with Crippen molar-refractivity contribution >= 4 is 22.6 Å². The summed E-state index contributed by atoms with van der Waals surface area (Å²) in [6.07, 6.45) is 5.61. The lowest BCUT2D eigenvalue weighted by molar-refractivity contribution is 0.360. The lowest BCUT2D eigenvalue weighted by atomic mass is 10.00. The van der Waals surface area contributed by atoms with Crippen molar-refractivity contribution in [2.75, 3.05) is 0 Å². The summed E-state index contributed by atoms with van der Waals surface area (Å²) in [4.78, 5) is 0. The average Bonchev–Trinajstić information content (AvgIpc) is 2.84. The van der Waals surface area contributed by atoms with E-state index in [0.29, 0.717) is 6.04 Å². The smallest absolute Gasteiger partial charge is 0.164 e. The van der Waals surface area contributed by atoms with E-state index in [-0.39, 0.29) is 0 Å². The molecule has 2 rings (SSSR count). The molecule has 0 bridgehead atoms. The zero-order valence-corrected chi connectivity index (χ0v) is 11.3. The third kappa shape index (κ3) is 3.21. The van der Waals surface area contributed by atoms with E-state index in [1.807, 2.05) is 6.07 Å². The van der Waals surface area contributed by atoms with Crippen LogP contribution in [0.2, 0.25) is 0 Å². The van der Waals surface area contributed by atoms with Crippen LogP contribution in [-0.2, 0) is 6.54 Å². The summed E-state index contributed by atoms with van der Waals surface area (Å²) in [6, 6.07) is 4.68. The molecule has 1 aliphatic carbocycles. The highest BCUT2D eigenvalue weighted by atomic mass is 127. The van der Waals surface area contributed by atoms with E-state index in [2.05, 4.69) is 40.9 Å². The quantitative estimate of drug-likeness (QED) is 0.859. The molecule has 0 radical (unpaired) electrons. The minimum absolute atomic E-state index is 0.621. The molecule has 1 saturated carbocycles. The van der Waals surface area contributed by atoms with Gasteiger partial charge < -0.3 is 9.73 Å². The molecule has 3 heteroatoms. The van der Waals surface area contributed by atoms with Gasteiger partial charge in [0.2, 0.25) is 0 Å². The third-order valence-corrected chi connectivity index (χ3v) is 3.91. The molecule has 0 aromatic carbocycles. The summed E-state index contributed by atoms with van der Waals surface area (Å²) in [7, 11) is 0. The minimum Gasteiger partial charge on any atom is -0.454 e.